The summed E-state index contributed by atoms with van der Waals surface area (Å²) in [6.45, 7) is 2.04. The van der Waals surface area contributed by atoms with E-state index in [4.69, 9.17) is 4.74 Å². The van der Waals surface area contributed by atoms with Crippen molar-refractivity contribution >= 4 is 5.97 Å². The molecule has 2 heteroatoms. The summed E-state index contributed by atoms with van der Waals surface area (Å²) in [4.78, 5) is 11.4. The summed E-state index contributed by atoms with van der Waals surface area (Å²) < 4.78 is 4.80. The van der Waals surface area contributed by atoms with Crippen molar-refractivity contribution in [2.75, 3.05) is 7.11 Å². The van der Waals surface area contributed by atoms with Crippen LogP contribution in [0.1, 0.15) is 39.0 Å². The number of ether oxygens (including phenoxy) is 1. The van der Waals surface area contributed by atoms with Crippen molar-refractivity contribution < 1.29 is 9.53 Å². The van der Waals surface area contributed by atoms with Crippen molar-refractivity contribution in [3.05, 3.63) is 12.2 Å². The summed E-state index contributed by atoms with van der Waals surface area (Å²) in [5, 5.41) is 0. The highest BCUT2D eigenvalue weighted by Crippen LogP contribution is 2.57. The molecule has 2 aliphatic rings. The topological polar surface area (TPSA) is 26.3 Å². The van der Waals surface area contributed by atoms with Gasteiger partial charge in [-0.15, -0.1) is 0 Å². The van der Waals surface area contributed by atoms with E-state index in [0.29, 0.717) is 6.42 Å². The molecule has 2 rings (SSSR count). The highest BCUT2D eigenvalue weighted by atomic mass is 16.5. The fourth-order valence-corrected chi connectivity index (χ4v) is 3.36. The highest BCUT2D eigenvalue weighted by Gasteiger charge is 2.48. The minimum absolute atomic E-state index is 0.0607. The van der Waals surface area contributed by atoms with E-state index in [1.54, 1.807) is 0 Å². The second kappa shape index (κ2) is 3.99. The van der Waals surface area contributed by atoms with Gasteiger partial charge in [0.25, 0.3) is 0 Å². The van der Waals surface area contributed by atoms with Crippen molar-refractivity contribution in [2.45, 2.75) is 39.0 Å². The van der Waals surface area contributed by atoms with Crippen molar-refractivity contribution in [2.24, 2.45) is 17.3 Å². The number of methoxy groups -OCH3 is 1. The molecular formula is C13H20O2. The molecule has 0 aromatic rings. The van der Waals surface area contributed by atoms with Gasteiger partial charge in [-0.2, -0.15) is 0 Å². The molecular weight excluding hydrogens is 188 g/mol. The lowest BCUT2D eigenvalue weighted by atomic mass is 9.77. The van der Waals surface area contributed by atoms with Crippen LogP contribution in [0, 0.1) is 17.3 Å². The van der Waals surface area contributed by atoms with E-state index in [1.165, 1.54) is 32.8 Å². The Kier molecular flexibility index (Phi) is 2.85. The first-order valence-electron chi connectivity index (χ1n) is 5.90. The molecule has 2 saturated carbocycles. The van der Waals surface area contributed by atoms with Crippen LogP contribution in [0.4, 0.5) is 0 Å². The van der Waals surface area contributed by atoms with E-state index in [0.717, 1.165) is 11.8 Å². The minimum atomic E-state index is -0.0607. The van der Waals surface area contributed by atoms with E-state index >= 15 is 0 Å². The summed E-state index contributed by atoms with van der Waals surface area (Å²) in [6.07, 6.45) is 10.0. The van der Waals surface area contributed by atoms with E-state index in [-0.39, 0.29) is 11.4 Å². The molecule has 0 amide bonds. The third kappa shape index (κ3) is 1.95. The van der Waals surface area contributed by atoms with E-state index < -0.39 is 0 Å². The molecule has 0 aliphatic heterocycles. The average molecular weight is 208 g/mol. The Morgan fingerprint density at radius 2 is 2.00 bits per heavy atom. The largest absolute Gasteiger partial charge is 0.469 e. The van der Waals surface area contributed by atoms with Crippen molar-refractivity contribution in [1.82, 2.24) is 0 Å². The second-order valence-corrected chi connectivity index (χ2v) is 5.12. The van der Waals surface area contributed by atoms with Gasteiger partial charge in [0.05, 0.1) is 13.5 Å². The maximum absolute atomic E-state index is 11.4. The van der Waals surface area contributed by atoms with Crippen molar-refractivity contribution in [3.8, 4) is 0 Å². The van der Waals surface area contributed by atoms with Gasteiger partial charge in [0.2, 0.25) is 0 Å². The molecule has 0 aromatic carbocycles. The van der Waals surface area contributed by atoms with E-state index in [9.17, 15) is 4.79 Å². The zero-order valence-electron chi connectivity index (χ0n) is 9.66. The Balaban J connectivity index is 2.07. The van der Waals surface area contributed by atoms with Crippen molar-refractivity contribution in [1.29, 1.82) is 0 Å². The number of esters is 1. The molecule has 0 aromatic heterocycles. The Bertz CT molecular complexity index is 268. The van der Waals surface area contributed by atoms with Gasteiger partial charge in [-0.1, -0.05) is 12.2 Å². The summed E-state index contributed by atoms with van der Waals surface area (Å²) >= 11 is 0. The quantitative estimate of drug-likeness (QED) is 0.526. The van der Waals surface area contributed by atoms with Gasteiger partial charge in [0.15, 0.2) is 0 Å². The Morgan fingerprint density at radius 1 is 1.40 bits per heavy atom. The van der Waals surface area contributed by atoms with Crippen LogP contribution in [-0.2, 0) is 9.53 Å². The zero-order chi connectivity index (χ0) is 10.9. The molecule has 84 valence electrons. The third-order valence-corrected chi connectivity index (χ3v) is 4.16. The van der Waals surface area contributed by atoms with Crippen molar-refractivity contribution in [3.63, 3.8) is 0 Å². The molecule has 0 unspecified atom stereocenters. The third-order valence-electron chi connectivity index (χ3n) is 4.16. The van der Waals surface area contributed by atoms with Crippen LogP contribution in [0.15, 0.2) is 12.2 Å². The number of hydrogen-bond acceptors (Lipinski definition) is 2. The molecule has 0 bridgehead atoms. The maximum atomic E-state index is 11.4. The Labute approximate surface area is 91.7 Å². The number of fused-ring (bicyclic) bond motifs is 1. The first-order chi connectivity index (χ1) is 7.19. The maximum Gasteiger partial charge on any atom is 0.306 e. The number of hydrogen-bond donors (Lipinski definition) is 0. The fraction of sp³-hybridized carbons (Fsp3) is 0.769. The minimum Gasteiger partial charge on any atom is -0.469 e. The molecule has 15 heavy (non-hydrogen) atoms. The predicted octanol–water partition coefficient (Wildman–Crippen LogP) is 2.93. The van der Waals surface area contributed by atoms with Gasteiger partial charge in [-0.05, 0) is 49.9 Å². The lowest BCUT2D eigenvalue weighted by Crippen LogP contribution is -2.20. The average Bonchev–Trinajstić information content (AvgIpc) is 2.43. The fourth-order valence-electron chi connectivity index (χ4n) is 3.36. The van der Waals surface area contributed by atoms with E-state index in [2.05, 4.69) is 12.2 Å². The Hall–Kier alpha value is -0.790. The van der Waals surface area contributed by atoms with Gasteiger partial charge >= 0.3 is 5.97 Å². The zero-order valence-corrected chi connectivity index (χ0v) is 9.66. The highest BCUT2D eigenvalue weighted by molar-refractivity contribution is 5.70. The van der Waals surface area contributed by atoms with Crippen LogP contribution in [0.3, 0.4) is 0 Å². The molecule has 2 aliphatic carbocycles. The molecule has 2 nitrogen and oxygen atoms in total. The van der Waals surface area contributed by atoms with Crippen LogP contribution in [-0.4, -0.2) is 13.1 Å². The molecule has 0 saturated heterocycles. The normalized spacial score (nSPS) is 38.8. The van der Waals surface area contributed by atoms with Crippen LogP contribution in [0.5, 0.6) is 0 Å². The molecule has 0 spiro atoms. The van der Waals surface area contributed by atoms with Gasteiger partial charge in [0.1, 0.15) is 0 Å². The second-order valence-electron chi connectivity index (χ2n) is 5.12. The molecule has 3 atom stereocenters. The first kappa shape index (κ1) is 10.7. The summed E-state index contributed by atoms with van der Waals surface area (Å²) in [5.41, 5.74) is 0.119. The van der Waals surface area contributed by atoms with Crippen LogP contribution >= 0.6 is 0 Å². The Morgan fingerprint density at radius 3 is 2.40 bits per heavy atom. The summed E-state index contributed by atoms with van der Waals surface area (Å²) in [5.74, 6) is 1.70. The van der Waals surface area contributed by atoms with Gasteiger partial charge in [-0.3, -0.25) is 4.79 Å². The first-order valence-corrected chi connectivity index (χ1v) is 5.90. The van der Waals surface area contributed by atoms with Crippen LogP contribution in [0.25, 0.3) is 0 Å². The molecule has 2 fully saturated rings. The summed E-state index contributed by atoms with van der Waals surface area (Å²) in [6, 6.07) is 0. The summed E-state index contributed by atoms with van der Waals surface area (Å²) in [7, 11) is 1.48. The standard InChI is InChI=1S/C13H20O2/c1-3-6-13(9-12(14)15-2)7-10-4-5-11(10)8-13/h3,6,10-11H,4-5,7-9H2,1-2H3/b6-3+/t10-,11+,13+. The van der Waals surface area contributed by atoms with E-state index in [1.807, 2.05) is 6.92 Å². The van der Waals surface area contributed by atoms with Gasteiger partial charge in [0, 0.05) is 0 Å². The SMILES string of the molecule is C/C=C/[C@]1(CC(=O)OC)C[C@H]2CC[C@H]2C1. The van der Waals surface area contributed by atoms with Crippen LogP contribution in [0.2, 0.25) is 0 Å². The number of rotatable bonds is 3. The number of allylic oxidation sites excluding steroid dienone is 2. The number of carbonyl (C=O) groups is 1. The van der Waals surface area contributed by atoms with Crippen LogP contribution < -0.4 is 0 Å². The monoisotopic (exact) mass is 208 g/mol. The van der Waals surface area contributed by atoms with Gasteiger partial charge < -0.3 is 4.74 Å². The molecule has 0 N–H and O–H groups in total. The predicted molar refractivity (Wildman–Crippen MR) is 59.3 cm³/mol. The van der Waals surface area contributed by atoms with Gasteiger partial charge in [-0.25, -0.2) is 0 Å². The lowest BCUT2D eigenvalue weighted by Gasteiger charge is -2.29. The molecule has 0 heterocycles. The molecule has 0 radical (unpaired) electrons. The smallest absolute Gasteiger partial charge is 0.306 e. The lowest BCUT2D eigenvalue weighted by molar-refractivity contribution is -0.142. The number of carbonyl (C=O) groups excluding carboxylic acids is 1.